The zero-order chi connectivity index (χ0) is 24.2. The fourth-order valence-electron chi connectivity index (χ4n) is 3.28. The second-order valence-electron chi connectivity index (χ2n) is 7.92. The number of hydrogen-bond acceptors (Lipinski definition) is 6. The molecular formula is C27H36N4OS. The Hall–Kier alpha value is -2.70. The van der Waals surface area contributed by atoms with Crippen molar-refractivity contribution < 1.29 is 4.74 Å². The van der Waals surface area contributed by atoms with Gasteiger partial charge in [-0.2, -0.15) is 12.6 Å². The lowest BCUT2D eigenvalue weighted by Crippen LogP contribution is -2.36. The summed E-state index contributed by atoms with van der Waals surface area (Å²) >= 11 is 4.17. The number of ether oxygens (including phenoxy) is 1. The van der Waals surface area contributed by atoms with E-state index in [-0.39, 0.29) is 0 Å². The third-order valence-electron chi connectivity index (χ3n) is 5.14. The third kappa shape index (κ3) is 9.36. The molecule has 1 heterocycles. The highest BCUT2D eigenvalue weighted by Gasteiger charge is 2.11. The van der Waals surface area contributed by atoms with Gasteiger partial charge in [-0.1, -0.05) is 31.4 Å². The minimum Gasteiger partial charge on any atom is -0.378 e. The summed E-state index contributed by atoms with van der Waals surface area (Å²) in [5, 5.41) is 0. The van der Waals surface area contributed by atoms with E-state index in [1.54, 1.807) is 0 Å². The van der Waals surface area contributed by atoms with Crippen molar-refractivity contribution in [2.75, 3.05) is 43.5 Å². The second kappa shape index (κ2) is 13.8. The van der Waals surface area contributed by atoms with Crippen LogP contribution in [0.3, 0.4) is 0 Å². The first-order valence-corrected chi connectivity index (χ1v) is 11.8. The molecule has 176 valence electrons. The van der Waals surface area contributed by atoms with E-state index in [9.17, 15) is 0 Å². The first-order chi connectivity index (χ1) is 15.8. The number of morpholine rings is 1. The lowest BCUT2D eigenvalue weighted by molar-refractivity contribution is 0.122. The van der Waals surface area contributed by atoms with Crippen LogP contribution in [0.15, 0.2) is 87.6 Å². The van der Waals surface area contributed by atoms with Crippen molar-refractivity contribution in [1.29, 1.82) is 0 Å². The zero-order valence-electron chi connectivity index (χ0n) is 20.3. The number of hydrogen-bond donors (Lipinski definition) is 1. The number of nitrogens with zero attached hydrogens (tertiary/aromatic N) is 4. The van der Waals surface area contributed by atoms with Gasteiger partial charge in [-0.3, -0.25) is 15.0 Å². The van der Waals surface area contributed by atoms with E-state index < -0.39 is 0 Å². The molecule has 0 saturated carbocycles. The van der Waals surface area contributed by atoms with Crippen molar-refractivity contribution in [2.24, 2.45) is 15.0 Å². The van der Waals surface area contributed by atoms with Gasteiger partial charge in [-0.15, -0.1) is 0 Å². The van der Waals surface area contributed by atoms with Gasteiger partial charge >= 0.3 is 0 Å². The molecule has 0 atom stereocenters. The molecule has 33 heavy (non-hydrogen) atoms. The van der Waals surface area contributed by atoms with Crippen LogP contribution in [0.5, 0.6) is 0 Å². The van der Waals surface area contributed by atoms with Crippen molar-refractivity contribution in [3.63, 3.8) is 0 Å². The van der Waals surface area contributed by atoms with Crippen LogP contribution in [0, 0.1) is 0 Å². The van der Waals surface area contributed by atoms with Crippen LogP contribution in [0.1, 0.15) is 33.3 Å². The lowest BCUT2D eigenvalue weighted by Gasteiger charge is -2.28. The van der Waals surface area contributed by atoms with Gasteiger partial charge in [0, 0.05) is 53.9 Å². The molecule has 2 rings (SSSR count). The SMILES string of the molecule is C=C(/C=C(\C)N=C(C)C(=C)/C=C\C(C)=NCCS)N=C(C)c1ccc(N2CCOCC2)cc1. The Kier molecular flexibility index (Phi) is 11.1. The second-order valence-corrected chi connectivity index (χ2v) is 8.37. The Morgan fingerprint density at radius 2 is 1.70 bits per heavy atom. The zero-order valence-corrected chi connectivity index (χ0v) is 21.2. The van der Waals surface area contributed by atoms with E-state index in [0.29, 0.717) is 12.2 Å². The molecule has 1 saturated heterocycles. The van der Waals surface area contributed by atoms with Gasteiger partial charge in [-0.05, 0) is 63.1 Å². The Morgan fingerprint density at radius 1 is 1.03 bits per heavy atom. The van der Waals surface area contributed by atoms with Gasteiger partial charge in [-0.25, -0.2) is 0 Å². The van der Waals surface area contributed by atoms with Crippen LogP contribution in [0.2, 0.25) is 0 Å². The molecule has 5 nitrogen and oxygen atoms in total. The average molecular weight is 465 g/mol. The number of aliphatic imine (C=N–C) groups is 3. The topological polar surface area (TPSA) is 49.5 Å². The molecule has 0 radical (unpaired) electrons. The van der Waals surface area contributed by atoms with Crippen molar-refractivity contribution in [1.82, 2.24) is 0 Å². The van der Waals surface area contributed by atoms with Gasteiger partial charge < -0.3 is 9.64 Å². The molecule has 0 bridgehead atoms. The fourth-order valence-corrected chi connectivity index (χ4v) is 3.38. The minimum atomic E-state index is 0.662. The largest absolute Gasteiger partial charge is 0.378 e. The highest BCUT2D eigenvalue weighted by molar-refractivity contribution is 7.80. The van der Waals surface area contributed by atoms with Crippen molar-refractivity contribution >= 4 is 35.5 Å². The number of anilines is 1. The summed E-state index contributed by atoms with van der Waals surface area (Å²) in [4.78, 5) is 16.0. The first-order valence-electron chi connectivity index (χ1n) is 11.2. The van der Waals surface area contributed by atoms with E-state index >= 15 is 0 Å². The van der Waals surface area contributed by atoms with Gasteiger partial charge in [0.05, 0.1) is 18.9 Å². The molecular weight excluding hydrogens is 428 g/mol. The van der Waals surface area contributed by atoms with E-state index in [1.165, 1.54) is 5.69 Å². The fraction of sp³-hybridized carbons (Fsp3) is 0.370. The monoisotopic (exact) mass is 464 g/mol. The molecule has 0 amide bonds. The van der Waals surface area contributed by atoms with Gasteiger partial charge in [0.1, 0.15) is 0 Å². The van der Waals surface area contributed by atoms with Crippen molar-refractivity contribution in [3.05, 3.63) is 78.2 Å². The summed E-state index contributed by atoms with van der Waals surface area (Å²) in [5.74, 6) is 0.738. The van der Waals surface area contributed by atoms with Crippen LogP contribution in [0.25, 0.3) is 0 Å². The van der Waals surface area contributed by atoms with Gasteiger partial charge in [0.15, 0.2) is 0 Å². The predicted octanol–water partition coefficient (Wildman–Crippen LogP) is 5.71. The summed E-state index contributed by atoms with van der Waals surface area (Å²) in [5.41, 5.74) is 7.33. The Morgan fingerprint density at radius 3 is 2.33 bits per heavy atom. The number of thiol groups is 1. The highest BCUT2D eigenvalue weighted by Crippen LogP contribution is 2.18. The summed E-state index contributed by atoms with van der Waals surface area (Å²) < 4.78 is 5.43. The Bertz CT molecular complexity index is 978. The van der Waals surface area contributed by atoms with Crippen LogP contribution >= 0.6 is 12.6 Å². The quantitative estimate of drug-likeness (QED) is 0.274. The third-order valence-corrected chi connectivity index (χ3v) is 5.34. The molecule has 0 N–H and O–H groups in total. The molecule has 1 fully saturated rings. The number of benzene rings is 1. The molecule has 1 aromatic rings. The molecule has 0 aromatic heterocycles. The number of rotatable bonds is 10. The van der Waals surface area contributed by atoms with E-state index in [2.05, 4.69) is 69.9 Å². The Labute approximate surface area is 204 Å². The molecule has 1 aliphatic rings. The standard InChI is InChI=1S/C27H36N4OS/c1-20(7-8-21(2)28-13-18-33)24(5)29-22(3)19-23(4)30-25(6)26-9-11-27(12-10-26)31-14-16-32-17-15-31/h7-12,19,33H,1,4,13-18H2,2-3,5-6H3/b8-7-,22-19+,28-21?,29-24?,30-25?. The van der Waals surface area contributed by atoms with Gasteiger partial charge in [0.2, 0.25) is 0 Å². The average Bonchev–Trinajstić information content (AvgIpc) is 2.81. The first kappa shape index (κ1) is 26.6. The molecule has 1 aliphatic heterocycles. The van der Waals surface area contributed by atoms with E-state index in [0.717, 1.165) is 66.0 Å². The highest BCUT2D eigenvalue weighted by atomic mass is 32.1. The van der Waals surface area contributed by atoms with Crippen molar-refractivity contribution in [3.8, 4) is 0 Å². The maximum Gasteiger partial charge on any atom is 0.0642 e. The van der Waals surface area contributed by atoms with Crippen LogP contribution < -0.4 is 4.90 Å². The van der Waals surface area contributed by atoms with Crippen LogP contribution in [0.4, 0.5) is 5.69 Å². The predicted molar refractivity (Wildman–Crippen MR) is 148 cm³/mol. The van der Waals surface area contributed by atoms with E-state index in [4.69, 9.17) is 4.74 Å². The maximum atomic E-state index is 5.43. The molecule has 1 aromatic carbocycles. The van der Waals surface area contributed by atoms with E-state index in [1.807, 2.05) is 45.9 Å². The van der Waals surface area contributed by atoms with Gasteiger partial charge in [0.25, 0.3) is 0 Å². The number of allylic oxidation sites excluding steroid dienone is 5. The summed E-state index contributed by atoms with van der Waals surface area (Å²) in [6.07, 6.45) is 5.76. The summed E-state index contributed by atoms with van der Waals surface area (Å²) in [6.45, 7) is 20.1. The molecule has 6 heteroatoms. The van der Waals surface area contributed by atoms with Crippen molar-refractivity contribution in [2.45, 2.75) is 27.7 Å². The molecule has 0 aliphatic carbocycles. The lowest BCUT2D eigenvalue weighted by atomic mass is 10.1. The summed E-state index contributed by atoms with van der Waals surface area (Å²) in [7, 11) is 0. The van der Waals surface area contributed by atoms with Crippen LogP contribution in [-0.2, 0) is 4.74 Å². The van der Waals surface area contributed by atoms with Crippen LogP contribution in [-0.4, -0.2) is 55.7 Å². The molecule has 0 unspecified atom stereocenters. The Balaban J connectivity index is 2.00. The summed E-state index contributed by atoms with van der Waals surface area (Å²) in [6, 6.07) is 8.49. The normalized spacial score (nSPS) is 16.5. The maximum absolute atomic E-state index is 5.43. The smallest absolute Gasteiger partial charge is 0.0642 e. The minimum absolute atomic E-state index is 0.662. The molecule has 0 spiro atoms.